The first-order valence-electron chi connectivity index (χ1n) is 22.6. The number of benzene rings is 11. The molecule has 0 aliphatic rings. The quantitative estimate of drug-likeness (QED) is 0.177. The standard InChI is InChI=1S/C61H34N4OS/c1-2-15-37-31-40(26-25-35(37)13-1)59-62-60(41-27-29-44-43-19-10-12-24-52(43)67-53(44)34-41)64-61(63-59)56-45-20-7-8-21-46(45)57(55-47-22-9-11-23-51(47)66-58(55)56)65-49-30-28-36-14-5-6-18-42(36)54(49)48-32-38-16-3-4-17-39(38)33-50(48)65/h1-34H. The zero-order valence-corrected chi connectivity index (χ0v) is 36.6. The Morgan fingerprint density at radius 3 is 1.76 bits per heavy atom. The van der Waals surface area contributed by atoms with Crippen molar-refractivity contribution in [1.82, 2.24) is 19.5 Å². The van der Waals surface area contributed by atoms with Crippen LogP contribution in [0.4, 0.5) is 0 Å². The smallest absolute Gasteiger partial charge is 0.168 e. The van der Waals surface area contributed by atoms with Gasteiger partial charge in [0.25, 0.3) is 0 Å². The van der Waals surface area contributed by atoms with E-state index < -0.39 is 0 Å². The van der Waals surface area contributed by atoms with Gasteiger partial charge in [0.1, 0.15) is 11.2 Å². The number of hydrogen-bond acceptors (Lipinski definition) is 5. The fourth-order valence-electron chi connectivity index (χ4n) is 10.7. The Balaban J connectivity index is 1.08. The van der Waals surface area contributed by atoms with Crippen LogP contribution in [0.15, 0.2) is 211 Å². The number of thiophene rings is 1. The predicted molar refractivity (Wildman–Crippen MR) is 281 cm³/mol. The van der Waals surface area contributed by atoms with E-state index in [1.165, 1.54) is 52.5 Å². The Morgan fingerprint density at radius 2 is 0.940 bits per heavy atom. The number of aromatic nitrogens is 4. The van der Waals surface area contributed by atoms with E-state index in [0.717, 1.165) is 76.9 Å². The second-order valence-electron chi connectivity index (χ2n) is 17.5. The van der Waals surface area contributed by atoms with Crippen LogP contribution in [0, 0.1) is 0 Å². The van der Waals surface area contributed by atoms with Gasteiger partial charge >= 0.3 is 0 Å². The summed E-state index contributed by atoms with van der Waals surface area (Å²) in [5, 5.41) is 16.1. The molecule has 5 nitrogen and oxygen atoms in total. The van der Waals surface area contributed by atoms with E-state index >= 15 is 0 Å². The molecule has 0 N–H and O–H groups in total. The molecule has 0 fully saturated rings. The number of nitrogens with zero attached hydrogens (tertiary/aromatic N) is 4. The van der Waals surface area contributed by atoms with Crippen LogP contribution in [0.25, 0.3) is 147 Å². The molecule has 0 saturated heterocycles. The average Bonchev–Trinajstić information content (AvgIpc) is 4.06. The van der Waals surface area contributed by atoms with Crippen molar-refractivity contribution in [2.75, 3.05) is 0 Å². The van der Waals surface area contributed by atoms with Crippen LogP contribution >= 0.6 is 11.3 Å². The first-order chi connectivity index (χ1) is 33.2. The van der Waals surface area contributed by atoms with Crippen LogP contribution < -0.4 is 0 Å². The Kier molecular flexibility index (Phi) is 7.59. The fraction of sp³-hybridized carbons (Fsp3) is 0. The molecule has 0 radical (unpaired) electrons. The molecule has 67 heavy (non-hydrogen) atoms. The van der Waals surface area contributed by atoms with E-state index in [1.807, 2.05) is 6.07 Å². The van der Waals surface area contributed by atoms with Crippen LogP contribution in [0.1, 0.15) is 0 Å². The molecule has 0 atom stereocenters. The van der Waals surface area contributed by atoms with E-state index in [9.17, 15) is 0 Å². The minimum Gasteiger partial charge on any atom is -0.455 e. The Bertz CT molecular complexity index is 4600. The van der Waals surface area contributed by atoms with Crippen molar-refractivity contribution >= 4 is 118 Å². The summed E-state index contributed by atoms with van der Waals surface area (Å²) in [7, 11) is 0. The summed E-state index contributed by atoms with van der Waals surface area (Å²) in [6, 6.07) is 73.8. The molecule has 0 aliphatic carbocycles. The highest BCUT2D eigenvalue weighted by molar-refractivity contribution is 7.25. The van der Waals surface area contributed by atoms with Gasteiger partial charge in [0.2, 0.25) is 0 Å². The van der Waals surface area contributed by atoms with E-state index in [0.29, 0.717) is 17.5 Å². The van der Waals surface area contributed by atoms with Crippen molar-refractivity contribution in [3.05, 3.63) is 206 Å². The molecule has 6 heteroatoms. The highest BCUT2D eigenvalue weighted by Gasteiger charge is 2.27. The molecule has 0 aliphatic heterocycles. The molecule has 15 aromatic rings. The minimum absolute atomic E-state index is 0.551. The van der Waals surface area contributed by atoms with Crippen LogP contribution in [0.2, 0.25) is 0 Å². The highest BCUT2D eigenvalue weighted by Crippen LogP contribution is 2.49. The molecule has 11 aromatic carbocycles. The molecule has 4 aromatic heterocycles. The lowest BCUT2D eigenvalue weighted by molar-refractivity contribution is 0.670. The van der Waals surface area contributed by atoms with Crippen molar-refractivity contribution in [1.29, 1.82) is 0 Å². The van der Waals surface area contributed by atoms with Crippen LogP contribution in [-0.2, 0) is 0 Å². The summed E-state index contributed by atoms with van der Waals surface area (Å²) >= 11 is 1.79. The summed E-state index contributed by atoms with van der Waals surface area (Å²) in [4.78, 5) is 16.2. The van der Waals surface area contributed by atoms with E-state index in [-0.39, 0.29) is 0 Å². The second kappa shape index (κ2) is 13.9. The number of para-hydroxylation sites is 1. The van der Waals surface area contributed by atoms with Crippen molar-refractivity contribution < 1.29 is 4.42 Å². The molecule has 0 amide bonds. The lowest BCUT2D eigenvalue weighted by Crippen LogP contribution is -2.03. The van der Waals surface area contributed by atoms with E-state index in [4.69, 9.17) is 19.4 Å². The van der Waals surface area contributed by atoms with Crippen LogP contribution in [0.5, 0.6) is 0 Å². The van der Waals surface area contributed by atoms with Gasteiger partial charge in [-0.25, -0.2) is 15.0 Å². The van der Waals surface area contributed by atoms with Crippen molar-refractivity contribution in [2.24, 2.45) is 0 Å². The number of furan rings is 1. The lowest BCUT2D eigenvalue weighted by Gasteiger charge is -2.17. The first kappa shape index (κ1) is 36.6. The largest absolute Gasteiger partial charge is 0.455 e. The maximum atomic E-state index is 7.18. The van der Waals surface area contributed by atoms with E-state index in [2.05, 4.69) is 205 Å². The highest BCUT2D eigenvalue weighted by atomic mass is 32.1. The number of rotatable bonds is 4. The van der Waals surface area contributed by atoms with Gasteiger partial charge in [-0.1, -0.05) is 164 Å². The number of fused-ring (bicyclic) bond motifs is 14. The minimum atomic E-state index is 0.551. The molecule has 0 bridgehead atoms. The number of hydrogen-bond donors (Lipinski definition) is 0. The molecular weight excluding hydrogens is 837 g/mol. The summed E-state index contributed by atoms with van der Waals surface area (Å²) < 4.78 is 12.1. The van der Waals surface area contributed by atoms with Crippen molar-refractivity contribution in [2.45, 2.75) is 0 Å². The van der Waals surface area contributed by atoms with Gasteiger partial charge in [-0.2, -0.15) is 0 Å². The third-order valence-corrected chi connectivity index (χ3v) is 14.9. The molecule has 310 valence electrons. The van der Waals surface area contributed by atoms with Crippen LogP contribution in [0.3, 0.4) is 0 Å². The second-order valence-corrected chi connectivity index (χ2v) is 18.6. The van der Waals surface area contributed by atoms with Gasteiger partial charge in [-0.05, 0) is 80.2 Å². The summed E-state index contributed by atoms with van der Waals surface area (Å²) in [5.41, 5.74) is 7.52. The van der Waals surface area contributed by atoms with Gasteiger partial charge in [-0.3, -0.25) is 0 Å². The normalized spacial score (nSPS) is 12.2. The van der Waals surface area contributed by atoms with Gasteiger partial charge < -0.3 is 8.98 Å². The first-order valence-corrected chi connectivity index (χ1v) is 23.4. The maximum absolute atomic E-state index is 7.18. The molecule has 15 rings (SSSR count). The predicted octanol–water partition coefficient (Wildman–Crippen LogP) is 16.8. The van der Waals surface area contributed by atoms with Gasteiger partial charge in [0, 0.05) is 52.8 Å². The van der Waals surface area contributed by atoms with E-state index in [1.54, 1.807) is 11.3 Å². The SMILES string of the molecule is c1ccc2cc(-c3nc(-c4ccc5c(c4)sc4ccccc45)nc(-c4c5ccccc5c(-n5c6cc7ccccc7cc6c6c7ccccc7ccc65)c5c4oc4ccccc45)n3)ccc2c1. The summed E-state index contributed by atoms with van der Waals surface area (Å²) in [6.45, 7) is 0. The molecule has 0 spiro atoms. The monoisotopic (exact) mass is 870 g/mol. The summed E-state index contributed by atoms with van der Waals surface area (Å²) in [5.74, 6) is 1.75. The average molecular weight is 871 g/mol. The molecular formula is C61H34N4OS. The third-order valence-electron chi connectivity index (χ3n) is 13.8. The van der Waals surface area contributed by atoms with Crippen molar-refractivity contribution in [3.63, 3.8) is 0 Å². The molecule has 0 unspecified atom stereocenters. The van der Waals surface area contributed by atoms with Gasteiger partial charge in [0.05, 0.1) is 27.7 Å². The summed E-state index contributed by atoms with van der Waals surface area (Å²) in [6.07, 6.45) is 0. The third kappa shape index (κ3) is 5.39. The topological polar surface area (TPSA) is 56.7 Å². The lowest BCUT2D eigenvalue weighted by atomic mass is 9.96. The van der Waals surface area contributed by atoms with Gasteiger partial charge in [-0.15, -0.1) is 11.3 Å². The maximum Gasteiger partial charge on any atom is 0.168 e. The zero-order chi connectivity index (χ0) is 43.7. The Morgan fingerprint density at radius 1 is 0.358 bits per heavy atom. The van der Waals surface area contributed by atoms with Gasteiger partial charge in [0.15, 0.2) is 17.5 Å². The Hall–Kier alpha value is -8.71. The van der Waals surface area contributed by atoms with Crippen molar-refractivity contribution in [3.8, 4) is 39.9 Å². The van der Waals surface area contributed by atoms with Crippen LogP contribution in [-0.4, -0.2) is 19.5 Å². The molecule has 4 heterocycles. The zero-order valence-electron chi connectivity index (χ0n) is 35.7. The molecule has 0 saturated carbocycles. The fourth-order valence-corrected chi connectivity index (χ4v) is 11.9. The Labute approximate surface area is 386 Å².